The summed E-state index contributed by atoms with van der Waals surface area (Å²) >= 11 is 0. The quantitative estimate of drug-likeness (QED) is 0.606. The predicted octanol–water partition coefficient (Wildman–Crippen LogP) is 3.35. The highest BCUT2D eigenvalue weighted by Crippen LogP contribution is 2.29. The average Bonchev–Trinajstić information content (AvgIpc) is 3.13. The van der Waals surface area contributed by atoms with Gasteiger partial charge in [0.25, 0.3) is 0 Å². The van der Waals surface area contributed by atoms with E-state index in [9.17, 15) is 4.79 Å². The molecule has 3 aromatic rings. The monoisotopic (exact) mass is 416 g/mol. The van der Waals surface area contributed by atoms with Crippen molar-refractivity contribution in [3.05, 3.63) is 48.5 Å². The number of rotatable bonds is 4. The standard InChI is InChI=1S/C20H24N6O2.ClH/c1-26-8-7-13(22-20(27)23-14-9-15(28-2)12-21-11-14)10-18(26)19-24-16-5-3-4-6-17(16)25-19;/h3-6,9,11-13,18H,7-8,10H2,1-2H3,(H,24,25)(H2,22,23,27);1H/t13-,18-;/m1./s1. The number of aromatic amines is 1. The highest BCUT2D eigenvalue weighted by molar-refractivity contribution is 5.89. The molecule has 1 saturated heterocycles. The number of imidazole rings is 1. The Balaban J connectivity index is 0.00000240. The van der Waals surface area contributed by atoms with Crippen LogP contribution >= 0.6 is 12.4 Å². The first-order valence-electron chi connectivity index (χ1n) is 9.34. The van der Waals surface area contributed by atoms with Crippen LogP contribution in [0.25, 0.3) is 11.0 Å². The summed E-state index contributed by atoms with van der Waals surface area (Å²) in [6.45, 7) is 0.882. The average molecular weight is 417 g/mol. The molecule has 3 N–H and O–H groups in total. The molecule has 3 heterocycles. The minimum Gasteiger partial charge on any atom is -0.495 e. The number of methoxy groups -OCH3 is 1. The van der Waals surface area contributed by atoms with E-state index < -0.39 is 0 Å². The normalized spacial score (nSPS) is 19.4. The van der Waals surface area contributed by atoms with E-state index in [-0.39, 0.29) is 30.5 Å². The van der Waals surface area contributed by atoms with Crippen LogP contribution in [-0.4, -0.2) is 52.6 Å². The smallest absolute Gasteiger partial charge is 0.319 e. The van der Waals surface area contributed by atoms with E-state index in [4.69, 9.17) is 9.72 Å². The summed E-state index contributed by atoms with van der Waals surface area (Å²) in [6, 6.07) is 9.70. The molecule has 1 aliphatic rings. The molecule has 0 spiro atoms. The Kier molecular flexibility index (Phi) is 6.56. The molecule has 0 aliphatic carbocycles. The van der Waals surface area contributed by atoms with Crippen molar-refractivity contribution in [2.45, 2.75) is 24.9 Å². The van der Waals surface area contributed by atoms with Crippen LogP contribution in [0.5, 0.6) is 5.75 Å². The fraction of sp³-hybridized carbons (Fsp3) is 0.350. The zero-order chi connectivity index (χ0) is 19.5. The van der Waals surface area contributed by atoms with Gasteiger partial charge >= 0.3 is 6.03 Å². The fourth-order valence-corrected chi connectivity index (χ4v) is 3.62. The fourth-order valence-electron chi connectivity index (χ4n) is 3.62. The topological polar surface area (TPSA) is 95.2 Å². The molecule has 0 saturated carbocycles. The number of nitrogens with zero attached hydrogens (tertiary/aromatic N) is 3. The van der Waals surface area contributed by atoms with E-state index >= 15 is 0 Å². The molecular formula is C20H25ClN6O2. The Bertz CT molecular complexity index is 945. The number of fused-ring (bicyclic) bond motifs is 1. The van der Waals surface area contributed by atoms with Gasteiger partial charge in [-0.05, 0) is 32.0 Å². The Labute approximate surface area is 175 Å². The van der Waals surface area contributed by atoms with Crippen LogP contribution in [0, 0.1) is 0 Å². The van der Waals surface area contributed by atoms with Gasteiger partial charge in [-0.25, -0.2) is 9.78 Å². The molecule has 2 aromatic heterocycles. The van der Waals surface area contributed by atoms with Crippen LogP contribution in [0.4, 0.5) is 10.5 Å². The number of H-pyrrole nitrogens is 1. The van der Waals surface area contributed by atoms with Crippen molar-refractivity contribution in [1.82, 2.24) is 25.2 Å². The van der Waals surface area contributed by atoms with Crippen molar-refractivity contribution in [3.63, 3.8) is 0 Å². The Hall–Kier alpha value is -2.84. The van der Waals surface area contributed by atoms with Crippen molar-refractivity contribution < 1.29 is 9.53 Å². The number of para-hydroxylation sites is 2. The molecule has 0 radical (unpaired) electrons. The van der Waals surface area contributed by atoms with Gasteiger partial charge in [-0.3, -0.25) is 9.88 Å². The summed E-state index contributed by atoms with van der Waals surface area (Å²) in [5, 5.41) is 5.89. The van der Waals surface area contributed by atoms with E-state index in [1.165, 1.54) is 0 Å². The molecule has 1 aliphatic heterocycles. The molecule has 8 nitrogen and oxygen atoms in total. The highest BCUT2D eigenvalue weighted by Gasteiger charge is 2.30. The number of hydrogen-bond acceptors (Lipinski definition) is 5. The number of carbonyl (C=O) groups excluding carboxylic acids is 1. The van der Waals surface area contributed by atoms with Gasteiger partial charge in [0.1, 0.15) is 11.6 Å². The number of pyridine rings is 1. The molecular weight excluding hydrogens is 392 g/mol. The Morgan fingerprint density at radius 1 is 1.31 bits per heavy atom. The second-order valence-corrected chi connectivity index (χ2v) is 7.07. The van der Waals surface area contributed by atoms with Crippen molar-refractivity contribution in [2.75, 3.05) is 26.0 Å². The third kappa shape index (κ3) is 4.78. The molecule has 0 bridgehead atoms. The number of anilines is 1. The lowest BCUT2D eigenvalue weighted by Gasteiger charge is -2.36. The van der Waals surface area contributed by atoms with Crippen molar-refractivity contribution in [3.8, 4) is 5.75 Å². The summed E-state index contributed by atoms with van der Waals surface area (Å²) in [5.41, 5.74) is 2.59. The van der Waals surface area contributed by atoms with E-state index in [1.807, 2.05) is 24.3 Å². The van der Waals surface area contributed by atoms with Gasteiger partial charge in [0.2, 0.25) is 0 Å². The summed E-state index contributed by atoms with van der Waals surface area (Å²) < 4.78 is 5.14. The molecule has 1 fully saturated rings. The summed E-state index contributed by atoms with van der Waals surface area (Å²) in [5.74, 6) is 1.54. The second kappa shape index (κ2) is 9.11. The third-order valence-electron chi connectivity index (χ3n) is 5.14. The lowest BCUT2D eigenvalue weighted by molar-refractivity contribution is 0.153. The number of carbonyl (C=O) groups is 1. The van der Waals surface area contributed by atoms with Crippen LogP contribution in [-0.2, 0) is 0 Å². The molecule has 2 amide bonds. The summed E-state index contributed by atoms with van der Waals surface area (Å²) in [7, 11) is 3.66. The van der Waals surface area contributed by atoms with E-state index in [2.05, 4.69) is 32.5 Å². The predicted molar refractivity (Wildman–Crippen MR) is 115 cm³/mol. The molecule has 29 heavy (non-hydrogen) atoms. The van der Waals surface area contributed by atoms with Crippen LogP contribution < -0.4 is 15.4 Å². The number of halogens is 1. The number of ether oxygens (including phenoxy) is 1. The first kappa shape index (κ1) is 20.9. The zero-order valence-corrected chi connectivity index (χ0v) is 17.2. The number of amides is 2. The third-order valence-corrected chi connectivity index (χ3v) is 5.14. The SMILES string of the molecule is COc1cncc(NC(=O)N[C@@H]2CCN(C)[C@@H](c3nc4ccccc4[nH]3)C2)c1.Cl. The van der Waals surface area contributed by atoms with Gasteiger partial charge in [-0.2, -0.15) is 0 Å². The zero-order valence-electron chi connectivity index (χ0n) is 16.4. The van der Waals surface area contributed by atoms with Gasteiger partial charge in [-0.1, -0.05) is 12.1 Å². The first-order chi connectivity index (χ1) is 13.6. The maximum atomic E-state index is 12.4. The van der Waals surface area contributed by atoms with Crippen LogP contribution in [0.3, 0.4) is 0 Å². The number of hydrogen-bond donors (Lipinski definition) is 3. The van der Waals surface area contributed by atoms with E-state index in [0.29, 0.717) is 11.4 Å². The molecule has 154 valence electrons. The number of nitrogens with one attached hydrogen (secondary N) is 3. The van der Waals surface area contributed by atoms with E-state index in [0.717, 1.165) is 36.2 Å². The van der Waals surface area contributed by atoms with Gasteiger partial charge in [0.15, 0.2) is 0 Å². The van der Waals surface area contributed by atoms with Crippen LogP contribution in [0.15, 0.2) is 42.7 Å². The summed E-state index contributed by atoms with van der Waals surface area (Å²) in [6.07, 6.45) is 4.86. The van der Waals surface area contributed by atoms with Crippen LogP contribution in [0.1, 0.15) is 24.7 Å². The second-order valence-electron chi connectivity index (χ2n) is 7.07. The molecule has 2 atom stereocenters. The van der Waals surface area contributed by atoms with Gasteiger partial charge in [0.05, 0.1) is 42.3 Å². The number of piperidine rings is 1. The van der Waals surface area contributed by atoms with Gasteiger partial charge in [0, 0.05) is 18.7 Å². The highest BCUT2D eigenvalue weighted by atomic mass is 35.5. The number of aromatic nitrogens is 3. The number of urea groups is 1. The first-order valence-corrected chi connectivity index (χ1v) is 9.34. The molecule has 9 heteroatoms. The minimum atomic E-state index is -0.243. The van der Waals surface area contributed by atoms with Gasteiger partial charge in [-0.15, -0.1) is 12.4 Å². The van der Waals surface area contributed by atoms with Crippen molar-refractivity contribution >= 4 is 35.2 Å². The maximum Gasteiger partial charge on any atom is 0.319 e. The number of likely N-dealkylation sites (tertiary alicyclic amines) is 1. The van der Waals surface area contributed by atoms with Crippen molar-refractivity contribution in [1.29, 1.82) is 0 Å². The maximum absolute atomic E-state index is 12.4. The largest absolute Gasteiger partial charge is 0.495 e. The molecule has 1 aromatic carbocycles. The van der Waals surface area contributed by atoms with Gasteiger partial charge < -0.3 is 20.4 Å². The Morgan fingerprint density at radius 3 is 2.93 bits per heavy atom. The lowest BCUT2D eigenvalue weighted by Crippen LogP contribution is -2.46. The number of benzene rings is 1. The van der Waals surface area contributed by atoms with Crippen LogP contribution in [0.2, 0.25) is 0 Å². The van der Waals surface area contributed by atoms with Crippen molar-refractivity contribution in [2.24, 2.45) is 0 Å². The lowest BCUT2D eigenvalue weighted by atomic mass is 9.97. The summed E-state index contributed by atoms with van der Waals surface area (Å²) in [4.78, 5) is 26.9. The van der Waals surface area contributed by atoms with E-state index in [1.54, 1.807) is 25.6 Å². The minimum absolute atomic E-state index is 0. The Morgan fingerprint density at radius 2 is 2.14 bits per heavy atom. The molecule has 0 unspecified atom stereocenters. The molecule has 4 rings (SSSR count).